The van der Waals surface area contributed by atoms with Crippen molar-refractivity contribution in [2.24, 2.45) is 0 Å². The second-order valence-electron chi connectivity index (χ2n) is 6.88. The van der Waals surface area contributed by atoms with Crippen molar-refractivity contribution in [1.29, 1.82) is 0 Å². The van der Waals surface area contributed by atoms with Gasteiger partial charge in [-0.3, -0.25) is 0 Å². The summed E-state index contributed by atoms with van der Waals surface area (Å²) in [6.45, 7) is 0.848. The van der Waals surface area contributed by atoms with Crippen LogP contribution in [0.15, 0.2) is 47.0 Å². The summed E-state index contributed by atoms with van der Waals surface area (Å²) in [6.07, 6.45) is -0.138. The number of methoxy groups -OCH3 is 2. The average Bonchev–Trinajstić information content (AvgIpc) is 3.45. The third kappa shape index (κ3) is 3.51. The molecule has 158 valence electrons. The van der Waals surface area contributed by atoms with E-state index in [0.717, 1.165) is 11.3 Å². The normalized spacial score (nSPS) is 15.5. The van der Waals surface area contributed by atoms with Gasteiger partial charge in [0.15, 0.2) is 17.2 Å². The van der Waals surface area contributed by atoms with E-state index in [9.17, 15) is 0 Å². The lowest BCUT2D eigenvalue weighted by molar-refractivity contribution is -0.00112. The maximum Gasteiger partial charge on any atom is 0.262 e. The van der Waals surface area contributed by atoms with E-state index in [0.29, 0.717) is 52.6 Å². The van der Waals surface area contributed by atoms with Crippen molar-refractivity contribution in [1.82, 2.24) is 25.1 Å². The molecule has 0 aliphatic carbocycles. The first kappa shape index (κ1) is 19.5. The molecule has 2 aromatic carbocycles. The largest absolute Gasteiger partial charge is 0.493 e. The highest BCUT2D eigenvalue weighted by Gasteiger charge is 2.28. The topological polar surface area (TPSA) is 97.3 Å². The first-order valence-corrected chi connectivity index (χ1v) is 9.90. The molecule has 10 heteroatoms. The predicted octanol–water partition coefficient (Wildman–Crippen LogP) is 3.94. The Hall–Kier alpha value is -3.43. The number of rotatable bonds is 5. The van der Waals surface area contributed by atoms with Gasteiger partial charge in [-0.05, 0) is 29.8 Å². The van der Waals surface area contributed by atoms with E-state index in [2.05, 4.69) is 20.5 Å². The SMILES string of the molecule is COc1cccc(-c2nc(-c3nnn4c3COC(c3ccc(Cl)cc3)C4)no2)c1OC. The molecule has 1 atom stereocenters. The number of ether oxygens (including phenoxy) is 3. The molecule has 1 unspecified atom stereocenters. The molecule has 2 aromatic heterocycles. The van der Waals surface area contributed by atoms with Crippen LogP contribution in [0.2, 0.25) is 5.02 Å². The lowest BCUT2D eigenvalue weighted by Gasteiger charge is -2.24. The van der Waals surface area contributed by atoms with E-state index >= 15 is 0 Å². The van der Waals surface area contributed by atoms with Crippen LogP contribution >= 0.6 is 11.6 Å². The number of benzene rings is 2. The van der Waals surface area contributed by atoms with Crippen molar-refractivity contribution >= 4 is 11.6 Å². The van der Waals surface area contributed by atoms with Crippen LogP contribution in [0, 0.1) is 0 Å². The monoisotopic (exact) mass is 439 g/mol. The van der Waals surface area contributed by atoms with Crippen LogP contribution in [0.4, 0.5) is 0 Å². The van der Waals surface area contributed by atoms with Crippen molar-refractivity contribution in [2.75, 3.05) is 14.2 Å². The summed E-state index contributed by atoms with van der Waals surface area (Å²) < 4.78 is 24.1. The van der Waals surface area contributed by atoms with Gasteiger partial charge in [0.05, 0.1) is 38.6 Å². The fourth-order valence-electron chi connectivity index (χ4n) is 3.55. The Labute approximate surface area is 182 Å². The first-order chi connectivity index (χ1) is 15.2. The number of halogens is 1. The zero-order valence-corrected chi connectivity index (χ0v) is 17.5. The van der Waals surface area contributed by atoms with Gasteiger partial charge in [-0.2, -0.15) is 4.98 Å². The summed E-state index contributed by atoms with van der Waals surface area (Å²) in [5.41, 5.74) is 2.96. The third-order valence-corrected chi connectivity index (χ3v) is 5.36. The van der Waals surface area contributed by atoms with E-state index in [4.69, 9.17) is 30.3 Å². The number of nitrogens with zero attached hydrogens (tertiary/aromatic N) is 5. The van der Waals surface area contributed by atoms with E-state index in [1.54, 1.807) is 25.0 Å². The maximum absolute atomic E-state index is 6.04. The van der Waals surface area contributed by atoms with E-state index in [-0.39, 0.29) is 6.10 Å². The van der Waals surface area contributed by atoms with Gasteiger partial charge in [0, 0.05) is 5.02 Å². The minimum absolute atomic E-state index is 0.138. The van der Waals surface area contributed by atoms with Gasteiger partial charge >= 0.3 is 0 Å². The van der Waals surface area contributed by atoms with E-state index in [1.807, 2.05) is 36.4 Å². The van der Waals surface area contributed by atoms with Crippen LogP contribution in [-0.4, -0.2) is 39.4 Å². The number of fused-ring (bicyclic) bond motifs is 1. The van der Waals surface area contributed by atoms with Crippen LogP contribution < -0.4 is 9.47 Å². The van der Waals surface area contributed by atoms with Crippen LogP contribution in [-0.2, 0) is 17.9 Å². The Morgan fingerprint density at radius 2 is 1.94 bits per heavy atom. The second-order valence-corrected chi connectivity index (χ2v) is 7.32. The standard InChI is InChI=1S/C21H18ClN5O4/c1-28-16-5-3-4-14(19(16)29-2)21-23-20(25-31-21)18-15-11-30-17(10-27(15)26-24-18)12-6-8-13(22)9-7-12/h3-9,17H,10-11H2,1-2H3. The Balaban J connectivity index is 1.43. The number of hydrogen-bond acceptors (Lipinski definition) is 8. The van der Waals surface area contributed by atoms with Gasteiger partial charge in [-0.25, -0.2) is 4.68 Å². The molecule has 0 spiro atoms. The quantitative estimate of drug-likeness (QED) is 0.461. The third-order valence-electron chi connectivity index (χ3n) is 5.11. The summed E-state index contributed by atoms with van der Waals surface area (Å²) in [4.78, 5) is 4.50. The molecule has 0 saturated carbocycles. The van der Waals surface area contributed by atoms with Crippen molar-refractivity contribution in [3.63, 3.8) is 0 Å². The summed E-state index contributed by atoms with van der Waals surface area (Å²) in [5.74, 6) is 1.71. The Bertz CT molecular complexity index is 1220. The summed E-state index contributed by atoms with van der Waals surface area (Å²) in [5, 5.41) is 13.3. The van der Waals surface area contributed by atoms with Crippen LogP contribution in [0.3, 0.4) is 0 Å². The molecule has 3 heterocycles. The van der Waals surface area contributed by atoms with Gasteiger partial charge in [-0.1, -0.05) is 40.2 Å². The molecule has 31 heavy (non-hydrogen) atoms. The highest BCUT2D eigenvalue weighted by molar-refractivity contribution is 6.30. The highest BCUT2D eigenvalue weighted by Crippen LogP contribution is 2.38. The molecular formula is C21H18ClN5O4. The van der Waals surface area contributed by atoms with Gasteiger partial charge in [0.25, 0.3) is 5.89 Å². The van der Waals surface area contributed by atoms with Crippen LogP contribution in [0.5, 0.6) is 11.5 Å². The van der Waals surface area contributed by atoms with Gasteiger partial charge in [0.1, 0.15) is 6.10 Å². The Morgan fingerprint density at radius 3 is 2.71 bits per heavy atom. The van der Waals surface area contributed by atoms with E-state index < -0.39 is 0 Å². The Kier molecular flexibility index (Phi) is 5.05. The molecule has 9 nitrogen and oxygen atoms in total. The van der Waals surface area contributed by atoms with Gasteiger partial charge in [-0.15, -0.1) is 5.10 Å². The molecule has 4 aromatic rings. The van der Waals surface area contributed by atoms with Crippen molar-refractivity contribution in [2.45, 2.75) is 19.3 Å². The zero-order chi connectivity index (χ0) is 21.4. The fraction of sp³-hybridized carbons (Fsp3) is 0.238. The lowest BCUT2D eigenvalue weighted by atomic mass is 10.1. The maximum atomic E-state index is 6.04. The van der Waals surface area contributed by atoms with Crippen molar-refractivity contribution in [3.8, 4) is 34.5 Å². The number of aromatic nitrogens is 5. The number of hydrogen-bond donors (Lipinski definition) is 0. The second kappa shape index (κ2) is 8.01. The molecule has 0 fully saturated rings. The smallest absolute Gasteiger partial charge is 0.262 e. The molecular weight excluding hydrogens is 422 g/mol. The molecule has 0 bridgehead atoms. The minimum Gasteiger partial charge on any atom is -0.493 e. The predicted molar refractivity (Wildman–Crippen MR) is 111 cm³/mol. The molecule has 5 rings (SSSR count). The summed E-state index contributed by atoms with van der Waals surface area (Å²) >= 11 is 5.98. The van der Waals surface area contributed by atoms with Gasteiger partial charge < -0.3 is 18.7 Å². The molecule has 0 N–H and O–H groups in total. The lowest BCUT2D eigenvalue weighted by Crippen LogP contribution is -2.22. The molecule has 0 saturated heterocycles. The first-order valence-electron chi connectivity index (χ1n) is 9.52. The minimum atomic E-state index is -0.138. The molecule has 0 radical (unpaired) electrons. The average molecular weight is 440 g/mol. The summed E-state index contributed by atoms with van der Waals surface area (Å²) in [7, 11) is 3.13. The molecule has 0 amide bonds. The van der Waals surface area contributed by atoms with E-state index in [1.165, 1.54) is 0 Å². The highest BCUT2D eigenvalue weighted by atomic mass is 35.5. The Morgan fingerprint density at radius 1 is 1.10 bits per heavy atom. The summed E-state index contributed by atoms with van der Waals surface area (Å²) in [6, 6.07) is 13.0. The number of para-hydroxylation sites is 1. The fourth-order valence-corrected chi connectivity index (χ4v) is 3.67. The zero-order valence-electron chi connectivity index (χ0n) is 16.8. The van der Waals surface area contributed by atoms with Gasteiger partial charge in [0.2, 0.25) is 5.82 Å². The van der Waals surface area contributed by atoms with Crippen molar-refractivity contribution in [3.05, 3.63) is 58.7 Å². The van der Waals surface area contributed by atoms with Crippen LogP contribution in [0.1, 0.15) is 17.4 Å². The van der Waals surface area contributed by atoms with Crippen molar-refractivity contribution < 1.29 is 18.7 Å². The van der Waals surface area contributed by atoms with Crippen LogP contribution in [0.25, 0.3) is 23.0 Å². The molecule has 1 aliphatic rings. The molecule has 1 aliphatic heterocycles.